The van der Waals surface area contributed by atoms with E-state index in [-0.39, 0.29) is 29.9 Å². The highest BCUT2D eigenvalue weighted by Gasteiger charge is 2.41. The van der Waals surface area contributed by atoms with Crippen molar-refractivity contribution in [2.24, 2.45) is 10.9 Å². The first-order valence-corrected chi connectivity index (χ1v) is 10.3. The molecule has 0 amide bonds. The lowest BCUT2D eigenvalue weighted by Gasteiger charge is -2.23. The van der Waals surface area contributed by atoms with E-state index in [9.17, 15) is 8.42 Å². The molecule has 0 aromatic rings. The molecule has 1 aliphatic carbocycles. The van der Waals surface area contributed by atoms with Gasteiger partial charge in [0, 0.05) is 12.6 Å². The summed E-state index contributed by atoms with van der Waals surface area (Å²) in [7, 11) is -2.81. The van der Waals surface area contributed by atoms with Crippen LogP contribution in [0.15, 0.2) is 4.99 Å². The van der Waals surface area contributed by atoms with Crippen LogP contribution >= 0.6 is 24.0 Å². The van der Waals surface area contributed by atoms with Gasteiger partial charge in [-0.2, -0.15) is 0 Å². The van der Waals surface area contributed by atoms with Crippen LogP contribution in [0.1, 0.15) is 38.5 Å². The number of fused-ring (bicyclic) bond motifs is 2. The molecular formula is C15H26IN3O3S. The first-order chi connectivity index (χ1) is 10.6. The Labute approximate surface area is 155 Å². The second-order valence-electron chi connectivity index (χ2n) is 7.24. The predicted octanol–water partition coefficient (Wildman–Crippen LogP) is 1.06. The molecule has 0 radical (unpaired) electrons. The van der Waals surface area contributed by atoms with Crippen molar-refractivity contribution < 1.29 is 13.2 Å². The van der Waals surface area contributed by atoms with Crippen molar-refractivity contribution in [1.82, 2.24) is 10.6 Å². The zero-order valence-corrected chi connectivity index (χ0v) is 16.4. The molecule has 2 N–H and O–H groups in total. The molecule has 3 aliphatic heterocycles. The lowest BCUT2D eigenvalue weighted by Crippen LogP contribution is -2.48. The predicted molar refractivity (Wildman–Crippen MR) is 100 cm³/mol. The van der Waals surface area contributed by atoms with Gasteiger partial charge >= 0.3 is 0 Å². The van der Waals surface area contributed by atoms with Crippen molar-refractivity contribution >= 4 is 39.8 Å². The Morgan fingerprint density at radius 3 is 2.52 bits per heavy atom. The third kappa shape index (κ3) is 4.50. The van der Waals surface area contributed by atoms with Crippen LogP contribution in [0.5, 0.6) is 0 Å². The van der Waals surface area contributed by atoms with E-state index in [0.29, 0.717) is 42.3 Å². The first-order valence-electron chi connectivity index (χ1n) is 8.51. The summed E-state index contributed by atoms with van der Waals surface area (Å²) in [5.41, 5.74) is 0. The maximum Gasteiger partial charge on any atom is 0.191 e. The number of hydrogen-bond acceptors (Lipinski definition) is 4. The third-order valence-electron chi connectivity index (χ3n) is 5.18. The maximum absolute atomic E-state index is 11.5. The molecule has 4 atom stereocenters. The normalized spacial score (nSPS) is 38.3. The van der Waals surface area contributed by atoms with Gasteiger partial charge < -0.3 is 15.4 Å². The van der Waals surface area contributed by atoms with Crippen LogP contribution in [0.25, 0.3) is 0 Å². The van der Waals surface area contributed by atoms with Crippen molar-refractivity contribution in [1.29, 1.82) is 0 Å². The smallest absolute Gasteiger partial charge is 0.191 e. The summed E-state index contributed by atoms with van der Waals surface area (Å²) in [6, 6.07) is 0.897. The molecule has 0 spiro atoms. The van der Waals surface area contributed by atoms with Gasteiger partial charge in [-0.15, -0.1) is 24.0 Å². The Kier molecular flexibility index (Phi) is 5.42. The van der Waals surface area contributed by atoms with E-state index in [1.165, 1.54) is 19.3 Å². The standard InChI is InChI=1S/C15H25N3O3S.HI/c19-22(20)6-5-10(9-22)8-16-15(17-11-1-2-11)18-13-7-12-3-4-14(13)21-12;/h10-14H,1-9H2,(H2,16,17,18);1H. The Bertz CT molecular complexity index is 564. The molecule has 1 saturated carbocycles. The molecule has 132 valence electrons. The zero-order valence-electron chi connectivity index (χ0n) is 13.2. The fourth-order valence-corrected chi connectivity index (χ4v) is 5.61. The fourth-order valence-electron chi connectivity index (χ4n) is 3.76. The molecule has 2 bridgehead atoms. The summed E-state index contributed by atoms with van der Waals surface area (Å²) in [5.74, 6) is 1.66. The minimum atomic E-state index is -2.81. The average Bonchev–Trinajstić information content (AvgIpc) is 2.90. The van der Waals surface area contributed by atoms with Gasteiger partial charge in [-0.3, -0.25) is 4.99 Å². The van der Waals surface area contributed by atoms with Gasteiger partial charge in [0.15, 0.2) is 15.8 Å². The van der Waals surface area contributed by atoms with Crippen molar-refractivity contribution in [2.45, 2.75) is 62.8 Å². The van der Waals surface area contributed by atoms with Crippen molar-refractivity contribution in [2.75, 3.05) is 18.1 Å². The summed E-state index contributed by atoms with van der Waals surface area (Å²) in [4.78, 5) is 4.67. The van der Waals surface area contributed by atoms with E-state index in [1.807, 2.05) is 0 Å². The van der Waals surface area contributed by atoms with Gasteiger partial charge in [0.05, 0.1) is 29.8 Å². The molecule has 3 heterocycles. The Morgan fingerprint density at radius 1 is 1.13 bits per heavy atom. The highest BCUT2D eigenvalue weighted by molar-refractivity contribution is 14.0. The molecule has 3 saturated heterocycles. The number of nitrogens with zero attached hydrogens (tertiary/aromatic N) is 1. The van der Waals surface area contributed by atoms with Crippen LogP contribution < -0.4 is 10.6 Å². The monoisotopic (exact) mass is 455 g/mol. The minimum Gasteiger partial charge on any atom is -0.373 e. The maximum atomic E-state index is 11.5. The SMILES string of the molecule is I.O=S1(=O)CCC(CN=C(NC2CC2)NC2CC3CCC2O3)C1. The fraction of sp³-hybridized carbons (Fsp3) is 0.933. The second-order valence-corrected chi connectivity index (χ2v) is 9.47. The highest BCUT2D eigenvalue weighted by Crippen LogP contribution is 2.34. The van der Waals surface area contributed by atoms with E-state index < -0.39 is 9.84 Å². The van der Waals surface area contributed by atoms with Crippen molar-refractivity contribution in [3.05, 3.63) is 0 Å². The number of aliphatic imine (C=N–C) groups is 1. The molecular weight excluding hydrogens is 429 g/mol. The van der Waals surface area contributed by atoms with Crippen LogP contribution in [-0.2, 0) is 14.6 Å². The van der Waals surface area contributed by atoms with E-state index in [0.717, 1.165) is 25.2 Å². The summed E-state index contributed by atoms with van der Waals surface area (Å²) < 4.78 is 29.0. The number of sulfone groups is 1. The van der Waals surface area contributed by atoms with Crippen molar-refractivity contribution in [3.63, 3.8) is 0 Å². The van der Waals surface area contributed by atoms with E-state index in [4.69, 9.17) is 4.74 Å². The zero-order chi connectivity index (χ0) is 15.2. The molecule has 4 rings (SSSR count). The van der Waals surface area contributed by atoms with Gasteiger partial charge in [-0.25, -0.2) is 8.42 Å². The molecule has 4 aliphatic rings. The molecule has 6 nitrogen and oxygen atoms in total. The second kappa shape index (κ2) is 7.03. The molecule has 4 unspecified atom stereocenters. The lowest BCUT2D eigenvalue weighted by atomic mass is 9.96. The summed E-state index contributed by atoms with van der Waals surface area (Å²) in [5, 5.41) is 6.98. The lowest BCUT2D eigenvalue weighted by molar-refractivity contribution is 0.0992. The van der Waals surface area contributed by atoms with E-state index in [1.54, 1.807) is 0 Å². The van der Waals surface area contributed by atoms with Crippen molar-refractivity contribution in [3.8, 4) is 0 Å². The number of nitrogens with one attached hydrogen (secondary N) is 2. The van der Waals surface area contributed by atoms with Gasteiger partial charge in [0.25, 0.3) is 0 Å². The largest absolute Gasteiger partial charge is 0.373 e. The van der Waals surface area contributed by atoms with Crippen LogP contribution in [0.2, 0.25) is 0 Å². The summed E-state index contributed by atoms with van der Waals surface area (Å²) in [6.45, 7) is 0.600. The van der Waals surface area contributed by atoms with Gasteiger partial charge in [-0.05, 0) is 44.4 Å². The van der Waals surface area contributed by atoms with Crippen LogP contribution in [0.3, 0.4) is 0 Å². The van der Waals surface area contributed by atoms with Gasteiger partial charge in [0.2, 0.25) is 0 Å². The van der Waals surface area contributed by atoms with Crippen LogP contribution in [0, 0.1) is 5.92 Å². The number of halogens is 1. The number of rotatable bonds is 4. The number of hydrogen-bond donors (Lipinski definition) is 2. The van der Waals surface area contributed by atoms with Gasteiger partial charge in [0.1, 0.15) is 0 Å². The quantitative estimate of drug-likeness (QED) is 0.377. The first kappa shape index (κ1) is 17.7. The summed E-state index contributed by atoms with van der Waals surface area (Å²) >= 11 is 0. The highest BCUT2D eigenvalue weighted by atomic mass is 127. The third-order valence-corrected chi connectivity index (χ3v) is 7.02. The molecule has 0 aromatic heterocycles. The topological polar surface area (TPSA) is 79.8 Å². The van der Waals surface area contributed by atoms with E-state index >= 15 is 0 Å². The van der Waals surface area contributed by atoms with E-state index in [2.05, 4.69) is 15.6 Å². The average molecular weight is 455 g/mol. The summed E-state index contributed by atoms with van der Waals surface area (Å²) in [6.07, 6.45) is 7.28. The Hall–Kier alpha value is -0.0900. The Balaban J connectivity index is 0.00000156. The molecule has 4 fully saturated rings. The van der Waals surface area contributed by atoms with Crippen LogP contribution in [0.4, 0.5) is 0 Å². The molecule has 8 heteroatoms. The van der Waals surface area contributed by atoms with Gasteiger partial charge in [-0.1, -0.05) is 0 Å². The minimum absolute atomic E-state index is 0. The Morgan fingerprint density at radius 2 is 1.96 bits per heavy atom. The number of guanidine groups is 1. The number of ether oxygens (including phenoxy) is 1. The molecule has 23 heavy (non-hydrogen) atoms. The molecule has 0 aromatic carbocycles. The van der Waals surface area contributed by atoms with Crippen LogP contribution in [-0.4, -0.2) is 56.7 Å².